The molecule has 1 aliphatic heterocycles. The monoisotopic (exact) mass is 433 g/mol. The molecule has 0 unspecified atom stereocenters. The maximum atomic E-state index is 13.2. The smallest absolute Gasteiger partial charge is 0.255 e. The van der Waals surface area contributed by atoms with Crippen LogP contribution >= 0.6 is 11.3 Å². The summed E-state index contributed by atoms with van der Waals surface area (Å²) in [5, 5.41) is 8.45. The summed E-state index contributed by atoms with van der Waals surface area (Å²) >= 11 is 1.71. The third kappa shape index (κ3) is 5.52. The van der Waals surface area contributed by atoms with E-state index in [4.69, 9.17) is 0 Å². The summed E-state index contributed by atoms with van der Waals surface area (Å²) in [5.74, 6) is 0.0930. The quantitative estimate of drug-likeness (QED) is 0.568. The van der Waals surface area contributed by atoms with Crippen molar-refractivity contribution in [3.05, 3.63) is 82.6 Å². The van der Waals surface area contributed by atoms with E-state index < -0.39 is 0 Å². The molecule has 0 bridgehead atoms. The van der Waals surface area contributed by atoms with E-state index in [2.05, 4.69) is 22.1 Å². The summed E-state index contributed by atoms with van der Waals surface area (Å²) in [5.41, 5.74) is 2.40. The Labute approximate surface area is 187 Å². The number of hydrogen-bond donors (Lipinski definition) is 2. The molecule has 4 rings (SSSR count). The van der Waals surface area contributed by atoms with Crippen molar-refractivity contribution in [3.63, 3.8) is 0 Å². The van der Waals surface area contributed by atoms with Crippen molar-refractivity contribution in [3.8, 4) is 0 Å². The molecule has 2 amide bonds. The Morgan fingerprint density at radius 1 is 0.935 bits per heavy atom. The predicted molar refractivity (Wildman–Crippen MR) is 126 cm³/mol. The standard InChI is InChI=1S/C25H27N3O2S/c29-24(26-15-12-21-9-6-18-31-21)19-13-16-28(17-14-19)25(30)22-10-4-5-11-23(22)27-20-7-2-1-3-8-20/h1-11,18-19,27H,12-17H2,(H,26,29). The van der Waals surface area contributed by atoms with Gasteiger partial charge in [0.15, 0.2) is 0 Å². The van der Waals surface area contributed by atoms with Crippen molar-refractivity contribution in [2.45, 2.75) is 19.3 Å². The number of nitrogens with one attached hydrogen (secondary N) is 2. The first-order valence-electron chi connectivity index (χ1n) is 10.7. The average Bonchev–Trinajstić information content (AvgIpc) is 3.33. The van der Waals surface area contributed by atoms with Crippen LogP contribution in [0.2, 0.25) is 0 Å². The van der Waals surface area contributed by atoms with Crippen molar-refractivity contribution < 1.29 is 9.59 Å². The lowest BCUT2D eigenvalue weighted by atomic mass is 9.95. The molecule has 1 saturated heterocycles. The van der Waals surface area contributed by atoms with Gasteiger partial charge in [-0.3, -0.25) is 9.59 Å². The van der Waals surface area contributed by atoms with Crippen molar-refractivity contribution in [1.29, 1.82) is 0 Å². The molecular weight excluding hydrogens is 406 g/mol. The minimum atomic E-state index is -0.0231. The maximum absolute atomic E-state index is 13.2. The minimum absolute atomic E-state index is 0.00980. The molecule has 2 heterocycles. The van der Waals surface area contributed by atoms with E-state index in [1.807, 2.05) is 65.6 Å². The Morgan fingerprint density at radius 2 is 1.68 bits per heavy atom. The third-order valence-electron chi connectivity index (χ3n) is 5.61. The van der Waals surface area contributed by atoms with E-state index in [0.717, 1.165) is 17.8 Å². The fourth-order valence-electron chi connectivity index (χ4n) is 3.88. The molecule has 2 aromatic carbocycles. The molecule has 0 saturated carbocycles. The normalized spacial score (nSPS) is 14.3. The van der Waals surface area contributed by atoms with Gasteiger partial charge in [0.2, 0.25) is 5.91 Å². The van der Waals surface area contributed by atoms with Crippen LogP contribution in [0.5, 0.6) is 0 Å². The minimum Gasteiger partial charge on any atom is -0.355 e. The zero-order valence-corrected chi connectivity index (χ0v) is 18.2. The van der Waals surface area contributed by atoms with Crippen LogP contribution in [-0.2, 0) is 11.2 Å². The van der Waals surface area contributed by atoms with Gasteiger partial charge in [0.05, 0.1) is 11.3 Å². The van der Waals surface area contributed by atoms with Gasteiger partial charge in [-0.05, 0) is 55.0 Å². The fraction of sp³-hybridized carbons (Fsp3) is 0.280. The number of carbonyl (C=O) groups excluding carboxylic acids is 2. The highest BCUT2D eigenvalue weighted by molar-refractivity contribution is 7.09. The number of piperidine rings is 1. The molecule has 0 radical (unpaired) electrons. The molecular formula is C25H27N3O2S. The molecule has 0 aliphatic carbocycles. The Balaban J connectivity index is 1.31. The molecule has 0 atom stereocenters. The van der Waals surface area contributed by atoms with Crippen LogP contribution in [0.1, 0.15) is 28.1 Å². The number of thiophene rings is 1. The Kier molecular flexibility index (Phi) is 6.99. The Hall–Kier alpha value is -3.12. The van der Waals surface area contributed by atoms with Gasteiger partial charge < -0.3 is 15.5 Å². The summed E-state index contributed by atoms with van der Waals surface area (Å²) in [6, 6.07) is 21.6. The Bertz CT molecular complexity index is 997. The SMILES string of the molecule is O=C(NCCc1cccs1)C1CCN(C(=O)c2ccccc2Nc2ccccc2)CC1. The zero-order chi connectivity index (χ0) is 21.5. The molecule has 1 aliphatic rings. The highest BCUT2D eigenvalue weighted by Gasteiger charge is 2.28. The second kappa shape index (κ2) is 10.3. The number of para-hydroxylation sites is 2. The third-order valence-corrected chi connectivity index (χ3v) is 6.55. The van der Waals surface area contributed by atoms with E-state index in [-0.39, 0.29) is 17.7 Å². The van der Waals surface area contributed by atoms with Gasteiger partial charge >= 0.3 is 0 Å². The van der Waals surface area contributed by atoms with E-state index >= 15 is 0 Å². The number of benzene rings is 2. The number of likely N-dealkylation sites (tertiary alicyclic amines) is 1. The van der Waals surface area contributed by atoms with Crippen molar-refractivity contribution in [2.75, 3.05) is 25.0 Å². The van der Waals surface area contributed by atoms with Gasteiger partial charge in [-0.2, -0.15) is 0 Å². The molecule has 0 spiro atoms. The van der Waals surface area contributed by atoms with Crippen LogP contribution in [0, 0.1) is 5.92 Å². The van der Waals surface area contributed by atoms with Gasteiger partial charge in [0.25, 0.3) is 5.91 Å². The van der Waals surface area contributed by atoms with Crippen LogP contribution in [0.4, 0.5) is 11.4 Å². The molecule has 1 aromatic heterocycles. The van der Waals surface area contributed by atoms with Gasteiger partial charge in [-0.25, -0.2) is 0 Å². The molecule has 5 nitrogen and oxygen atoms in total. The summed E-state index contributed by atoms with van der Waals surface area (Å²) in [7, 11) is 0. The largest absolute Gasteiger partial charge is 0.355 e. The van der Waals surface area contributed by atoms with Crippen LogP contribution < -0.4 is 10.6 Å². The summed E-state index contributed by atoms with van der Waals surface area (Å²) in [6.45, 7) is 1.86. The first kappa shape index (κ1) is 21.1. The van der Waals surface area contributed by atoms with Crippen LogP contribution in [-0.4, -0.2) is 36.3 Å². The fourth-order valence-corrected chi connectivity index (χ4v) is 4.59. The maximum Gasteiger partial charge on any atom is 0.255 e. The summed E-state index contributed by atoms with van der Waals surface area (Å²) in [6.07, 6.45) is 2.27. The van der Waals surface area contributed by atoms with Crippen molar-refractivity contribution in [2.24, 2.45) is 5.92 Å². The number of amides is 2. The number of rotatable bonds is 7. The molecule has 6 heteroatoms. The van der Waals surface area contributed by atoms with E-state index in [1.54, 1.807) is 11.3 Å². The number of carbonyl (C=O) groups is 2. The van der Waals surface area contributed by atoms with Gasteiger partial charge in [0.1, 0.15) is 0 Å². The second-order valence-electron chi connectivity index (χ2n) is 7.72. The molecule has 31 heavy (non-hydrogen) atoms. The average molecular weight is 434 g/mol. The van der Waals surface area contributed by atoms with Crippen molar-refractivity contribution >= 4 is 34.5 Å². The molecule has 160 valence electrons. The summed E-state index contributed by atoms with van der Waals surface area (Å²) in [4.78, 5) is 28.8. The van der Waals surface area contributed by atoms with E-state index in [1.165, 1.54) is 4.88 Å². The lowest BCUT2D eigenvalue weighted by Crippen LogP contribution is -2.43. The number of nitrogens with zero attached hydrogens (tertiary/aromatic N) is 1. The van der Waals surface area contributed by atoms with Crippen LogP contribution in [0.15, 0.2) is 72.1 Å². The first-order valence-corrected chi connectivity index (χ1v) is 11.6. The molecule has 1 fully saturated rings. The van der Waals surface area contributed by atoms with Gasteiger partial charge in [-0.15, -0.1) is 11.3 Å². The topological polar surface area (TPSA) is 61.4 Å². The highest BCUT2D eigenvalue weighted by atomic mass is 32.1. The molecule has 3 aromatic rings. The first-order chi connectivity index (χ1) is 15.2. The van der Waals surface area contributed by atoms with E-state index in [9.17, 15) is 9.59 Å². The second-order valence-corrected chi connectivity index (χ2v) is 8.76. The van der Waals surface area contributed by atoms with Gasteiger partial charge in [-0.1, -0.05) is 36.4 Å². The number of anilines is 2. The highest BCUT2D eigenvalue weighted by Crippen LogP contribution is 2.25. The summed E-state index contributed by atoms with van der Waals surface area (Å²) < 4.78 is 0. The van der Waals surface area contributed by atoms with Crippen molar-refractivity contribution in [1.82, 2.24) is 10.2 Å². The lowest BCUT2D eigenvalue weighted by Gasteiger charge is -2.32. The van der Waals surface area contributed by atoms with Gasteiger partial charge in [0, 0.05) is 36.1 Å². The predicted octanol–water partition coefficient (Wildman–Crippen LogP) is 4.70. The molecule has 2 N–H and O–H groups in total. The van der Waals surface area contributed by atoms with Crippen LogP contribution in [0.25, 0.3) is 0 Å². The zero-order valence-electron chi connectivity index (χ0n) is 17.4. The number of hydrogen-bond acceptors (Lipinski definition) is 4. The lowest BCUT2D eigenvalue weighted by molar-refractivity contribution is -0.126. The van der Waals surface area contributed by atoms with Crippen LogP contribution in [0.3, 0.4) is 0 Å². The Morgan fingerprint density at radius 3 is 2.42 bits per heavy atom. The van der Waals surface area contributed by atoms with E-state index in [0.29, 0.717) is 38.0 Å².